The van der Waals surface area contributed by atoms with E-state index in [0.29, 0.717) is 25.8 Å². The van der Waals surface area contributed by atoms with Crippen LogP contribution in [0.4, 0.5) is 13.2 Å². The Kier molecular flexibility index (Phi) is 4.94. The molecule has 7 heteroatoms. The quantitative estimate of drug-likeness (QED) is 0.928. The smallest absolute Gasteiger partial charge is 0.406 e. The van der Waals surface area contributed by atoms with Gasteiger partial charge < -0.3 is 10.5 Å². The predicted molar refractivity (Wildman–Crippen MR) is 74.8 cm³/mol. The van der Waals surface area contributed by atoms with Gasteiger partial charge in [0.15, 0.2) is 0 Å². The number of ether oxygens (including phenoxy) is 1. The minimum atomic E-state index is -4.68. The summed E-state index contributed by atoms with van der Waals surface area (Å²) in [5.41, 5.74) is 6.44. The van der Waals surface area contributed by atoms with Gasteiger partial charge in [0.25, 0.3) is 0 Å². The highest BCUT2D eigenvalue weighted by Gasteiger charge is 2.32. The summed E-state index contributed by atoms with van der Waals surface area (Å²) in [6.45, 7) is 1.99. The second kappa shape index (κ2) is 6.55. The number of alkyl halides is 3. The molecule has 1 aromatic rings. The van der Waals surface area contributed by atoms with E-state index in [-0.39, 0.29) is 5.75 Å². The molecule has 120 valence electrons. The van der Waals surface area contributed by atoms with Crippen LogP contribution in [-0.4, -0.2) is 29.9 Å². The molecular weight excluding hydrogens is 295 g/mol. The Hall–Kier alpha value is -1.78. The lowest BCUT2D eigenvalue weighted by Gasteiger charge is -2.37. The monoisotopic (exact) mass is 313 g/mol. The van der Waals surface area contributed by atoms with E-state index in [1.165, 1.54) is 12.1 Å². The molecule has 0 aliphatic carbocycles. The summed E-state index contributed by atoms with van der Waals surface area (Å²) >= 11 is 0. The van der Waals surface area contributed by atoms with Crippen molar-refractivity contribution in [3.63, 3.8) is 0 Å². The lowest BCUT2D eigenvalue weighted by molar-refractivity contribution is -0.274. The van der Waals surface area contributed by atoms with E-state index in [0.717, 1.165) is 18.7 Å². The van der Waals surface area contributed by atoms with Crippen LogP contribution >= 0.6 is 0 Å². The number of benzene rings is 1. The Bertz CT molecular complexity index is 546. The fourth-order valence-electron chi connectivity index (χ4n) is 2.59. The van der Waals surface area contributed by atoms with Gasteiger partial charge in [0.2, 0.25) is 0 Å². The van der Waals surface area contributed by atoms with Gasteiger partial charge in [-0.1, -0.05) is 12.1 Å². The third-order valence-electron chi connectivity index (χ3n) is 3.82. The van der Waals surface area contributed by atoms with E-state index in [2.05, 4.69) is 15.7 Å². The number of hydrogen-bond acceptors (Lipinski definition) is 4. The molecule has 1 saturated heterocycles. The van der Waals surface area contributed by atoms with E-state index in [1.54, 1.807) is 12.1 Å². The van der Waals surface area contributed by atoms with Crippen molar-refractivity contribution < 1.29 is 17.9 Å². The Morgan fingerprint density at radius 3 is 2.59 bits per heavy atom. The molecule has 0 saturated carbocycles. The zero-order valence-electron chi connectivity index (χ0n) is 12.1. The van der Waals surface area contributed by atoms with Crippen molar-refractivity contribution in [2.75, 3.05) is 13.1 Å². The first kappa shape index (κ1) is 16.6. The summed E-state index contributed by atoms with van der Waals surface area (Å²) < 4.78 is 40.6. The number of rotatable bonds is 4. The van der Waals surface area contributed by atoms with Crippen molar-refractivity contribution in [3.8, 4) is 11.8 Å². The van der Waals surface area contributed by atoms with Crippen molar-refractivity contribution in [1.82, 2.24) is 4.90 Å². The van der Waals surface area contributed by atoms with Gasteiger partial charge in [0, 0.05) is 25.2 Å². The van der Waals surface area contributed by atoms with E-state index in [4.69, 9.17) is 11.0 Å². The fraction of sp³-hybridized carbons (Fsp3) is 0.533. The first-order valence-electron chi connectivity index (χ1n) is 7.03. The molecule has 0 atom stereocenters. The molecule has 0 bridgehead atoms. The fourth-order valence-corrected chi connectivity index (χ4v) is 2.59. The molecule has 1 aromatic carbocycles. The molecule has 1 aliphatic rings. The molecule has 1 fully saturated rings. The maximum absolute atomic E-state index is 12.2. The predicted octanol–water partition coefficient (Wildman–Crippen LogP) is 2.79. The average molecular weight is 313 g/mol. The van der Waals surface area contributed by atoms with E-state index < -0.39 is 11.9 Å². The summed E-state index contributed by atoms with van der Waals surface area (Å²) in [6, 6.07) is 8.10. The maximum atomic E-state index is 12.2. The minimum Gasteiger partial charge on any atom is -0.406 e. The van der Waals surface area contributed by atoms with Gasteiger partial charge in [0.05, 0.1) is 12.5 Å². The normalized spacial score (nSPS) is 18.7. The van der Waals surface area contributed by atoms with Crippen LogP contribution in [0.25, 0.3) is 0 Å². The minimum absolute atomic E-state index is 0.209. The SMILES string of the molecule is N#CCC1(N)CCN(Cc2cccc(OC(F)(F)F)c2)CC1. The summed E-state index contributed by atoms with van der Waals surface area (Å²) in [7, 11) is 0. The molecule has 1 heterocycles. The van der Waals surface area contributed by atoms with Crippen molar-refractivity contribution in [2.24, 2.45) is 5.73 Å². The van der Waals surface area contributed by atoms with Crippen molar-refractivity contribution in [1.29, 1.82) is 5.26 Å². The zero-order chi connectivity index (χ0) is 16.2. The van der Waals surface area contributed by atoms with Gasteiger partial charge in [-0.25, -0.2) is 0 Å². The topological polar surface area (TPSA) is 62.3 Å². The van der Waals surface area contributed by atoms with Crippen LogP contribution in [0.2, 0.25) is 0 Å². The van der Waals surface area contributed by atoms with Crippen LogP contribution in [0.1, 0.15) is 24.8 Å². The molecule has 0 unspecified atom stereocenters. The average Bonchev–Trinajstić information content (AvgIpc) is 2.40. The number of nitrogens with two attached hydrogens (primary N) is 1. The van der Waals surface area contributed by atoms with Crippen molar-refractivity contribution in [2.45, 2.75) is 37.7 Å². The molecule has 0 aromatic heterocycles. The lowest BCUT2D eigenvalue weighted by atomic mass is 9.86. The summed E-state index contributed by atoms with van der Waals surface area (Å²) in [5, 5.41) is 8.76. The first-order valence-corrected chi connectivity index (χ1v) is 7.03. The molecule has 0 spiro atoms. The number of halogens is 3. The van der Waals surface area contributed by atoms with Crippen molar-refractivity contribution >= 4 is 0 Å². The van der Waals surface area contributed by atoms with Crippen LogP contribution in [0.3, 0.4) is 0 Å². The molecule has 0 radical (unpaired) electrons. The lowest BCUT2D eigenvalue weighted by Crippen LogP contribution is -2.49. The molecule has 4 nitrogen and oxygen atoms in total. The number of piperidine rings is 1. The molecule has 22 heavy (non-hydrogen) atoms. The zero-order valence-corrected chi connectivity index (χ0v) is 12.1. The molecular formula is C15H18F3N3O. The van der Waals surface area contributed by atoms with Crippen molar-refractivity contribution in [3.05, 3.63) is 29.8 Å². The Morgan fingerprint density at radius 2 is 2.00 bits per heavy atom. The molecule has 2 rings (SSSR count). The Morgan fingerprint density at radius 1 is 1.32 bits per heavy atom. The van der Waals surface area contributed by atoms with Crippen LogP contribution in [0.5, 0.6) is 5.75 Å². The van der Waals surface area contributed by atoms with Gasteiger partial charge in [-0.3, -0.25) is 4.90 Å². The molecule has 1 aliphatic heterocycles. The Labute approximate surface area is 127 Å². The summed E-state index contributed by atoms with van der Waals surface area (Å²) in [6.07, 6.45) is -2.94. The Balaban J connectivity index is 1.93. The van der Waals surface area contributed by atoms with Crippen LogP contribution in [0, 0.1) is 11.3 Å². The van der Waals surface area contributed by atoms with Crippen LogP contribution < -0.4 is 10.5 Å². The maximum Gasteiger partial charge on any atom is 0.573 e. The van der Waals surface area contributed by atoms with Gasteiger partial charge in [-0.05, 0) is 30.5 Å². The van der Waals surface area contributed by atoms with E-state index in [9.17, 15) is 13.2 Å². The van der Waals surface area contributed by atoms with E-state index in [1.807, 2.05) is 0 Å². The second-order valence-electron chi connectivity index (χ2n) is 5.67. The highest BCUT2D eigenvalue weighted by atomic mass is 19.4. The van der Waals surface area contributed by atoms with Crippen LogP contribution in [0.15, 0.2) is 24.3 Å². The van der Waals surface area contributed by atoms with Gasteiger partial charge in [0.1, 0.15) is 5.75 Å². The van der Waals surface area contributed by atoms with E-state index >= 15 is 0 Å². The van der Waals surface area contributed by atoms with Crippen LogP contribution in [-0.2, 0) is 6.54 Å². The molecule has 2 N–H and O–H groups in total. The third-order valence-corrected chi connectivity index (χ3v) is 3.82. The molecule has 0 amide bonds. The highest BCUT2D eigenvalue weighted by Crippen LogP contribution is 2.26. The summed E-state index contributed by atoms with van der Waals surface area (Å²) in [4.78, 5) is 2.12. The van der Waals surface area contributed by atoms with Gasteiger partial charge in [-0.2, -0.15) is 5.26 Å². The second-order valence-corrected chi connectivity index (χ2v) is 5.67. The largest absolute Gasteiger partial charge is 0.573 e. The number of nitrogens with zero attached hydrogens (tertiary/aromatic N) is 2. The van der Waals surface area contributed by atoms with Gasteiger partial charge >= 0.3 is 6.36 Å². The third kappa shape index (κ3) is 4.90. The standard InChI is InChI=1S/C15H18F3N3O/c16-15(17,18)22-13-3-1-2-12(10-13)11-21-8-5-14(20,4-7-19)6-9-21/h1-3,10H,4-6,8-9,11,20H2. The number of likely N-dealkylation sites (tertiary alicyclic amines) is 1. The number of nitriles is 1. The summed E-state index contributed by atoms with van der Waals surface area (Å²) in [5.74, 6) is -0.209. The number of hydrogen-bond donors (Lipinski definition) is 1. The van der Waals surface area contributed by atoms with Gasteiger partial charge in [-0.15, -0.1) is 13.2 Å². The highest BCUT2D eigenvalue weighted by molar-refractivity contribution is 5.28. The first-order chi connectivity index (χ1) is 10.3.